The summed E-state index contributed by atoms with van der Waals surface area (Å²) in [5, 5.41) is 0. The molecule has 1 aliphatic heterocycles. The number of carbonyl (C=O) groups excluding carboxylic acids is 2. The molecule has 0 N–H and O–H groups in total. The van der Waals surface area contributed by atoms with Crippen LogP contribution in [0.2, 0.25) is 0 Å². The molecule has 0 saturated heterocycles. The average molecular weight is 512 g/mol. The molecule has 192 valence electrons. The van der Waals surface area contributed by atoms with Crippen LogP contribution < -0.4 is 0 Å². The van der Waals surface area contributed by atoms with Crippen molar-refractivity contribution in [1.29, 1.82) is 0 Å². The third kappa shape index (κ3) is 6.09. The zero-order chi connectivity index (χ0) is 26.2. The van der Waals surface area contributed by atoms with E-state index in [1.807, 2.05) is 18.2 Å². The molecular formula is C27H33N3O5S. The predicted octanol–water partition coefficient (Wildman–Crippen LogP) is 4.91. The molecule has 0 bridgehead atoms. The van der Waals surface area contributed by atoms with Gasteiger partial charge in [-0.2, -0.15) is 8.75 Å². The van der Waals surface area contributed by atoms with E-state index in [0.29, 0.717) is 29.1 Å². The van der Waals surface area contributed by atoms with Crippen molar-refractivity contribution in [3.8, 4) is 0 Å². The number of esters is 1. The SMILES string of the molecule is C=C/C=C(/COC(=O)C1=C(C)N(C[C@H](CCC)OC)C(=O)C[C@@H]1c1ccc2nsnc2c1)C(=C)OC. The molecule has 3 rings (SSSR count). The molecule has 2 heterocycles. The molecule has 2 aromatic rings. The smallest absolute Gasteiger partial charge is 0.336 e. The van der Waals surface area contributed by atoms with Crippen molar-refractivity contribution in [3.05, 3.63) is 71.7 Å². The van der Waals surface area contributed by atoms with Gasteiger partial charge in [-0.05, 0) is 31.0 Å². The van der Waals surface area contributed by atoms with Gasteiger partial charge in [0.05, 0.1) is 37.1 Å². The predicted molar refractivity (Wildman–Crippen MR) is 140 cm³/mol. The fraction of sp³-hybridized carbons (Fsp3) is 0.407. The Kier molecular flexibility index (Phi) is 9.55. The minimum absolute atomic E-state index is 0.0411. The van der Waals surface area contributed by atoms with E-state index in [4.69, 9.17) is 14.2 Å². The standard InChI is InChI=1S/C27H33N3O5S/c1-7-9-20(18(4)33-5)16-35-27(32)26-17(3)30(15-21(34-6)10-8-2)25(31)14-22(26)19-11-12-23-24(13-19)29-36-28-23/h7,9,11-13,21-22H,1,4,8,10,14-16H2,2-3,5-6H3/b20-9-/t21-,22+/m0/s1. The molecule has 2 atom stereocenters. The molecule has 8 nitrogen and oxygen atoms in total. The number of hydrogen-bond donors (Lipinski definition) is 0. The number of rotatable bonds is 12. The number of amides is 1. The topological polar surface area (TPSA) is 90.8 Å². The summed E-state index contributed by atoms with van der Waals surface area (Å²) in [5.74, 6) is -0.662. The second-order valence-electron chi connectivity index (χ2n) is 8.55. The maximum absolute atomic E-state index is 13.6. The lowest BCUT2D eigenvalue weighted by Gasteiger charge is -2.36. The lowest BCUT2D eigenvalue weighted by atomic mass is 9.83. The van der Waals surface area contributed by atoms with Crippen LogP contribution in [0.4, 0.5) is 0 Å². The lowest BCUT2D eigenvalue weighted by Crippen LogP contribution is -2.42. The van der Waals surface area contributed by atoms with Crippen molar-refractivity contribution in [2.24, 2.45) is 0 Å². The maximum atomic E-state index is 13.6. The minimum Gasteiger partial charge on any atom is -0.497 e. The van der Waals surface area contributed by atoms with Gasteiger partial charge in [-0.25, -0.2) is 4.79 Å². The zero-order valence-electron chi connectivity index (χ0n) is 21.3. The molecule has 1 aliphatic rings. The highest BCUT2D eigenvalue weighted by molar-refractivity contribution is 7.00. The van der Waals surface area contributed by atoms with E-state index in [0.717, 1.165) is 41.2 Å². The Morgan fingerprint density at radius 1 is 1.31 bits per heavy atom. The number of methoxy groups -OCH3 is 2. The number of carbonyl (C=O) groups is 2. The van der Waals surface area contributed by atoms with Crippen LogP contribution in [0.5, 0.6) is 0 Å². The number of fused-ring (bicyclic) bond motifs is 1. The second kappa shape index (κ2) is 12.6. The summed E-state index contributed by atoms with van der Waals surface area (Å²) in [5.41, 5.74) is 3.91. The van der Waals surface area contributed by atoms with Crippen molar-refractivity contribution in [3.63, 3.8) is 0 Å². The van der Waals surface area contributed by atoms with Crippen molar-refractivity contribution >= 4 is 34.6 Å². The Bertz CT molecular complexity index is 1200. The highest BCUT2D eigenvalue weighted by atomic mass is 32.1. The Labute approximate surface area is 216 Å². The molecule has 0 fully saturated rings. The Balaban J connectivity index is 2.00. The number of hydrogen-bond acceptors (Lipinski definition) is 8. The monoisotopic (exact) mass is 511 g/mol. The van der Waals surface area contributed by atoms with Crippen LogP contribution >= 0.6 is 11.7 Å². The summed E-state index contributed by atoms with van der Waals surface area (Å²) in [6, 6.07) is 5.64. The first-order valence-electron chi connectivity index (χ1n) is 11.8. The van der Waals surface area contributed by atoms with Gasteiger partial charge in [0, 0.05) is 30.7 Å². The van der Waals surface area contributed by atoms with Crippen LogP contribution in [0.1, 0.15) is 44.6 Å². The largest absolute Gasteiger partial charge is 0.497 e. The summed E-state index contributed by atoms with van der Waals surface area (Å²) in [6.45, 7) is 11.7. The van der Waals surface area contributed by atoms with Crippen LogP contribution in [0.25, 0.3) is 11.0 Å². The molecule has 1 aromatic heterocycles. The van der Waals surface area contributed by atoms with Gasteiger partial charge in [-0.1, -0.05) is 44.7 Å². The van der Waals surface area contributed by atoms with Gasteiger partial charge in [0.25, 0.3) is 0 Å². The van der Waals surface area contributed by atoms with Crippen molar-refractivity contribution in [1.82, 2.24) is 13.6 Å². The lowest BCUT2D eigenvalue weighted by molar-refractivity contribution is -0.139. The zero-order valence-corrected chi connectivity index (χ0v) is 22.1. The van der Waals surface area contributed by atoms with E-state index in [-0.39, 0.29) is 25.0 Å². The minimum atomic E-state index is -0.505. The quantitative estimate of drug-likeness (QED) is 0.227. The number of ether oxygens (including phenoxy) is 3. The molecule has 36 heavy (non-hydrogen) atoms. The number of benzene rings is 1. The first-order chi connectivity index (χ1) is 17.3. The molecular weight excluding hydrogens is 478 g/mol. The van der Waals surface area contributed by atoms with Gasteiger partial charge in [0.15, 0.2) is 0 Å². The normalized spacial score (nSPS) is 17.3. The van der Waals surface area contributed by atoms with Gasteiger partial charge in [0.1, 0.15) is 23.4 Å². The fourth-order valence-electron chi connectivity index (χ4n) is 4.33. The first kappa shape index (κ1) is 27.3. The third-order valence-corrected chi connectivity index (χ3v) is 6.89. The van der Waals surface area contributed by atoms with Gasteiger partial charge in [0.2, 0.25) is 5.91 Å². The highest BCUT2D eigenvalue weighted by Crippen LogP contribution is 2.38. The Morgan fingerprint density at radius 3 is 2.72 bits per heavy atom. The van der Waals surface area contributed by atoms with Crippen molar-refractivity contribution in [2.45, 2.75) is 45.1 Å². The number of aromatic nitrogens is 2. The Morgan fingerprint density at radius 2 is 2.06 bits per heavy atom. The molecule has 0 radical (unpaired) electrons. The van der Waals surface area contributed by atoms with E-state index in [9.17, 15) is 9.59 Å². The second-order valence-corrected chi connectivity index (χ2v) is 9.08. The van der Waals surface area contributed by atoms with Gasteiger partial charge >= 0.3 is 5.97 Å². The Hall–Kier alpha value is -3.30. The number of allylic oxidation sites excluding steroid dienone is 3. The van der Waals surface area contributed by atoms with Gasteiger partial charge < -0.3 is 19.1 Å². The average Bonchev–Trinajstić information content (AvgIpc) is 3.35. The van der Waals surface area contributed by atoms with Crippen molar-refractivity contribution < 1.29 is 23.8 Å². The van der Waals surface area contributed by atoms with E-state index in [2.05, 4.69) is 28.8 Å². The third-order valence-electron chi connectivity index (χ3n) is 6.34. The van der Waals surface area contributed by atoms with E-state index in [1.165, 1.54) is 7.11 Å². The molecule has 0 spiro atoms. The summed E-state index contributed by atoms with van der Waals surface area (Å²) in [4.78, 5) is 28.5. The van der Waals surface area contributed by atoms with E-state index in [1.54, 1.807) is 31.1 Å². The van der Waals surface area contributed by atoms with Gasteiger partial charge in [-0.3, -0.25) is 4.79 Å². The van der Waals surface area contributed by atoms with Crippen molar-refractivity contribution in [2.75, 3.05) is 27.4 Å². The highest BCUT2D eigenvalue weighted by Gasteiger charge is 2.38. The molecule has 9 heteroatoms. The van der Waals surface area contributed by atoms with E-state index >= 15 is 0 Å². The molecule has 1 aromatic carbocycles. The van der Waals surface area contributed by atoms with Gasteiger partial charge in [-0.15, -0.1) is 0 Å². The molecule has 1 amide bonds. The molecule has 0 unspecified atom stereocenters. The first-order valence-corrected chi connectivity index (χ1v) is 12.6. The number of nitrogens with zero attached hydrogens (tertiary/aromatic N) is 3. The summed E-state index contributed by atoms with van der Waals surface area (Å²) in [7, 11) is 3.14. The van der Waals surface area contributed by atoms with E-state index < -0.39 is 11.9 Å². The van der Waals surface area contributed by atoms with Crippen LogP contribution in [-0.2, 0) is 23.8 Å². The van der Waals surface area contributed by atoms with Crippen LogP contribution in [0.15, 0.2) is 66.1 Å². The summed E-state index contributed by atoms with van der Waals surface area (Å²) >= 11 is 1.12. The maximum Gasteiger partial charge on any atom is 0.336 e. The van der Waals surface area contributed by atoms with Crippen LogP contribution in [0.3, 0.4) is 0 Å². The fourth-order valence-corrected chi connectivity index (χ4v) is 4.84. The van der Waals surface area contributed by atoms with Crippen LogP contribution in [-0.4, -0.2) is 59.0 Å². The molecule has 0 aliphatic carbocycles. The summed E-state index contributed by atoms with van der Waals surface area (Å²) < 4.78 is 25.1. The summed E-state index contributed by atoms with van der Waals surface area (Å²) in [6.07, 6.45) is 4.99. The molecule has 0 saturated carbocycles. The van der Waals surface area contributed by atoms with Crippen LogP contribution in [0, 0.1) is 0 Å².